The Morgan fingerprint density at radius 3 is 2.32 bits per heavy atom. The Hall–Kier alpha value is -4.18. The van der Waals surface area contributed by atoms with Crippen LogP contribution in [0.15, 0.2) is 48.0 Å². The Bertz CT molecular complexity index is 1480. The third-order valence-electron chi connectivity index (χ3n) is 6.53. The average Bonchev–Trinajstić information content (AvgIpc) is 3.46. The minimum absolute atomic E-state index is 0.0986. The van der Waals surface area contributed by atoms with E-state index < -0.39 is 17.7 Å². The molecule has 2 heterocycles. The molecule has 1 saturated heterocycles. The Labute approximate surface area is 243 Å². The number of rotatable bonds is 12. The number of amides is 1. The number of aryl methyl sites for hydroxylation is 1. The van der Waals surface area contributed by atoms with Gasteiger partial charge < -0.3 is 19.3 Å². The minimum atomic E-state index is -1.03. The number of hydrogen-bond donors (Lipinski definition) is 1. The Kier molecular flexibility index (Phi) is 9.44. The fourth-order valence-corrected chi connectivity index (χ4v) is 5.59. The molecule has 2 aromatic carbocycles. The molecule has 10 heteroatoms. The second-order valence-electron chi connectivity index (χ2n) is 9.43. The number of aromatic nitrogens is 1. The predicted octanol–water partition coefficient (Wildman–Crippen LogP) is 6.26. The first-order valence-corrected chi connectivity index (χ1v) is 14.4. The summed E-state index contributed by atoms with van der Waals surface area (Å²) in [6.07, 6.45) is 1.84. The van der Waals surface area contributed by atoms with Crippen molar-refractivity contribution in [3.63, 3.8) is 0 Å². The highest BCUT2D eigenvalue weighted by atomic mass is 32.1. The van der Waals surface area contributed by atoms with Gasteiger partial charge in [0.15, 0.2) is 22.4 Å². The molecule has 1 N–H and O–H groups in total. The highest BCUT2D eigenvalue weighted by molar-refractivity contribution is 7.18. The van der Waals surface area contributed by atoms with E-state index in [1.807, 2.05) is 13.8 Å². The largest absolute Gasteiger partial charge is 0.507 e. The molecule has 41 heavy (non-hydrogen) atoms. The number of hydrogen-bond acceptors (Lipinski definition) is 9. The molecule has 0 aliphatic carbocycles. The van der Waals surface area contributed by atoms with Gasteiger partial charge in [-0.1, -0.05) is 30.7 Å². The average molecular weight is 579 g/mol. The van der Waals surface area contributed by atoms with Crippen LogP contribution in [-0.4, -0.2) is 47.4 Å². The first-order valence-electron chi connectivity index (χ1n) is 13.6. The molecule has 4 rings (SSSR count). The molecule has 1 fully saturated rings. The molecular weight excluding hydrogens is 544 g/mol. The van der Waals surface area contributed by atoms with Crippen LogP contribution in [0.25, 0.3) is 5.76 Å². The topological polar surface area (TPSA) is 115 Å². The molecule has 1 atom stereocenters. The summed E-state index contributed by atoms with van der Waals surface area (Å²) in [5.41, 5.74) is 1.22. The van der Waals surface area contributed by atoms with Gasteiger partial charge in [-0.2, -0.15) is 0 Å². The van der Waals surface area contributed by atoms with E-state index in [-0.39, 0.29) is 22.2 Å². The van der Waals surface area contributed by atoms with Crippen LogP contribution in [0.1, 0.15) is 73.1 Å². The number of unbranched alkanes of at least 4 members (excludes halogenated alkanes) is 1. The normalized spacial score (nSPS) is 16.2. The molecule has 0 bridgehead atoms. The maximum atomic E-state index is 13.6. The van der Waals surface area contributed by atoms with Gasteiger partial charge in [0.1, 0.15) is 11.5 Å². The molecule has 0 radical (unpaired) electrons. The van der Waals surface area contributed by atoms with Crippen molar-refractivity contribution in [3.05, 3.63) is 69.7 Å². The summed E-state index contributed by atoms with van der Waals surface area (Å²) in [6, 6.07) is 10.8. The number of carbonyl (C=O) groups excluding carboxylic acids is 3. The predicted molar refractivity (Wildman–Crippen MR) is 157 cm³/mol. The van der Waals surface area contributed by atoms with Gasteiger partial charge in [-0.3, -0.25) is 19.3 Å². The van der Waals surface area contributed by atoms with Gasteiger partial charge in [0, 0.05) is 12.5 Å². The van der Waals surface area contributed by atoms with Crippen LogP contribution in [0.5, 0.6) is 17.2 Å². The van der Waals surface area contributed by atoms with Gasteiger partial charge in [0.25, 0.3) is 5.78 Å². The number of carbonyl (C=O) groups is 3. The van der Waals surface area contributed by atoms with Crippen molar-refractivity contribution in [2.24, 2.45) is 0 Å². The third-order valence-corrected chi connectivity index (χ3v) is 7.79. The van der Waals surface area contributed by atoms with Crippen LogP contribution >= 0.6 is 11.3 Å². The summed E-state index contributed by atoms with van der Waals surface area (Å²) in [6.45, 7) is 10.2. The third kappa shape index (κ3) is 6.12. The molecular formula is C31H34N2O7S. The van der Waals surface area contributed by atoms with Gasteiger partial charge in [0.05, 0.1) is 42.0 Å². The SMILES string of the molecule is CCCCOc1ccc(C2C(=C(O)c3ccc(OCC)cc3)C(=O)C(=O)N2c2nc(C)c(C(C)=O)s2)cc1OCC. The number of ether oxygens (including phenoxy) is 3. The van der Waals surface area contributed by atoms with E-state index in [1.165, 1.54) is 11.8 Å². The number of ketones is 2. The molecule has 3 aromatic rings. The van der Waals surface area contributed by atoms with Crippen LogP contribution in [-0.2, 0) is 9.59 Å². The standard InChI is InChI=1S/C31H34N2O7S/c1-6-9-16-40-23-15-12-21(17-24(23)39-8-3)26-25(27(35)20-10-13-22(14-11-20)38-7-2)28(36)30(37)33(26)31-32-18(4)29(41-31)19(5)34/h10-15,17,26,35H,6-9,16H2,1-5H3. The Morgan fingerprint density at radius 2 is 1.71 bits per heavy atom. The van der Waals surface area contributed by atoms with E-state index in [9.17, 15) is 19.5 Å². The van der Waals surface area contributed by atoms with Crippen molar-refractivity contribution in [2.45, 2.75) is 53.5 Å². The summed E-state index contributed by atoms with van der Waals surface area (Å²) in [4.78, 5) is 45.4. The van der Waals surface area contributed by atoms with Crippen molar-refractivity contribution >= 4 is 39.7 Å². The summed E-state index contributed by atoms with van der Waals surface area (Å²) in [5.74, 6) is -0.645. The molecule has 1 unspecified atom stereocenters. The van der Waals surface area contributed by atoms with Gasteiger partial charge in [-0.05, 0) is 69.2 Å². The smallest absolute Gasteiger partial charge is 0.301 e. The molecule has 1 aliphatic heterocycles. The number of aliphatic hydroxyl groups excluding tert-OH is 1. The number of anilines is 1. The summed E-state index contributed by atoms with van der Waals surface area (Å²) < 4.78 is 17.3. The zero-order valence-electron chi connectivity index (χ0n) is 23.9. The molecule has 1 aliphatic rings. The van der Waals surface area contributed by atoms with Gasteiger partial charge >= 0.3 is 5.91 Å². The first-order chi connectivity index (χ1) is 19.7. The lowest BCUT2D eigenvalue weighted by molar-refractivity contribution is -0.132. The van der Waals surface area contributed by atoms with E-state index in [1.54, 1.807) is 49.4 Å². The monoisotopic (exact) mass is 578 g/mol. The summed E-state index contributed by atoms with van der Waals surface area (Å²) in [7, 11) is 0. The maximum Gasteiger partial charge on any atom is 0.301 e. The zero-order valence-corrected chi connectivity index (χ0v) is 24.7. The van der Waals surface area contributed by atoms with E-state index >= 15 is 0 Å². The van der Waals surface area contributed by atoms with Gasteiger partial charge in [-0.25, -0.2) is 4.98 Å². The molecule has 0 saturated carbocycles. The number of benzene rings is 2. The Morgan fingerprint density at radius 1 is 1.00 bits per heavy atom. The van der Waals surface area contributed by atoms with E-state index in [0.717, 1.165) is 24.2 Å². The number of aliphatic hydroxyl groups is 1. The molecule has 0 spiro atoms. The lowest BCUT2D eigenvalue weighted by atomic mass is 9.95. The second-order valence-corrected chi connectivity index (χ2v) is 10.4. The zero-order chi connectivity index (χ0) is 29.7. The van der Waals surface area contributed by atoms with Crippen LogP contribution in [0.2, 0.25) is 0 Å². The summed E-state index contributed by atoms with van der Waals surface area (Å²) >= 11 is 1.03. The molecule has 9 nitrogen and oxygen atoms in total. The maximum absolute atomic E-state index is 13.6. The van der Waals surface area contributed by atoms with E-state index in [0.29, 0.717) is 58.8 Å². The van der Waals surface area contributed by atoms with E-state index in [4.69, 9.17) is 14.2 Å². The van der Waals surface area contributed by atoms with Crippen LogP contribution < -0.4 is 19.1 Å². The number of nitrogens with zero attached hydrogens (tertiary/aromatic N) is 2. The van der Waals surface area contributed by atoms with Crippen LogP contribution in [0.3, 0.4) is 0 Å². The quantitative estimate of drug-likeness (QED) is 0.0881. The van der Waals surface area contributed by atoms with Crippen molar-refractivity contribution in [1.29, 1.82) is 0 Å². The lowest BCUT2D eigenvalue weighted by Crippen LogP contribution is -2.29. The fourth-order valence-electron chi connectivity index (χ4n) is 4.60. The van der Waals surface area contributed by atoms with Crippen molar-refractivity contribution in [1.82, 2.24) is 4.98 Å². The first kappa shape index (κ1) is 29.8. The lowest BCUT2D eigenvalue weighted by Gasteiger charge is -2.24. The molecule has 1 aromatic heterocycles. The van der Waals surface area contributed by atoms with Crippen LogP contribution in [0, 0.1) is 6.92 Å². The molecule has 216 valence electrons. The van der Waals surface area contributed by atoms with Gasteiger partial charge in [-0.15, -0.1) is 0 Å². The minimum Gasteiger partial charge on any atom is -0.507 e. The molecule has 1 amide bonds. The van der Waals surface area contributed by atoms with Crippen molar-refractivity contribution in [2.75, 3.05) is 24.7 Å². The highest BCUT2D eigenvalue weighted by Gasteiger charge is 2.48. The summed E-state index contributed by atoms with van der Waals surface area (Å²) in [5, 5.41) is 11.6. The fraction of sp³-hybridized carbons (Fsp3) is 0.355. The number of Topliss-reactive ketones (excluding diaryl/α,β-unsaturated/α-hetero) is 2. The van der Waals surface area contributed by atoms with E-state index in [2.05, 4.69) is 11.9 Å². The second kappa shape index (κ2) is 13.0. The van der Waals surface area contributed by atoms with Crippen LogP contribution in [0.4, 0.5) is 5.13 Å². The Balaban J connectivity index is 1.90. The highest BCUT2D eigenvalue weighted by Crippen LogP contribution is 2.45. The van der Waals surface area contributed by atoms with Crippen molar-refractivity contribution in [3.8, 4) is 17.2 Å². The van der Waals surface area contributed by atoms with Crippen molar-refractivity contribution < 1.29 is 33.7 Å². The van der Waals surface area contributed by atoms with Gasteiger partial charge in [0.2, 0.25) is 0 Å². The number of thiazole rings is 1.